The van der Waals surface area contributed by atoms with Crippen LogP contribution >= 0.6 is 11.6 Å². The lowest BCUT2D eigenvalue weighted by Gasteiger charge is -2.17. The minimum Gasteiger partial charge on any atom is -0.506 e. The van der Waals surface area contributed by atoms with Crippen molar-refractivity contribution < 1.29 is 5.11 Å². The van der Waals surface area contributed by atoms with E-state index >= 15 is 0 Å². The minimum absolute atomic E-state index is 0.126. The van der Waals surface area contributed by atoms with Gasteiger partial charge in [0.2, 0.25) is 0 Å². The molecule has 0 heterocycles. The van der Waals surface area contributed by atoms with Gasteiger partial charge in [-0.1, -0.05) is 63.6 Å². The number of hydrogen-bond donors (Lipinski definition) is 1. The van der Waals surface area contributed by atoms with Crippen molar-refractivity contribution in [2.45, 2.75) is 39.5 Å². The first-order chi connectivity index (χ1) is 9.40. The number of phenolic OH excluding ortho intramolecular Hbond substituents is 1. The number of aromatic hydroxyl groups is 1. The van der Waals surface area contributed by atoms with Gasteiger partial charge < -0.3 is 5.11 Å². The van der Waals surface area contributed by atoms with Gasteiger partial charge in [0.05, 0.1) is 5.02 Å². The van der Waals surface area contributed by atoms with Crippen LogP contribution in [0.4, 0.5) is 0 Å². The average Bonchev–Trinajstić information content (AvgIpc) is 2.41. The van der Waals surface area contributed by atoms with E-state index in [1.165, 1.54) is 16.7 Å². The second kappa shape index (κ2) is 5.88. The van der Waals surface area contributed by atoms with Crippen LogP contribution in [-0.2, 0) is 0 Å². The van der Waals surface area contributed by atoms with Crippen LogP contribution < -0.4 is 0 Å². The highest BCUT2D eigenvalue weighted by atomic mass is 35.5. The molecule has 0 aliphatic heterocycles. The first-order valence-electron chi connectivity index (χ1n) is 7.03. The van der Waals surface area contributed by atoms with Gasteiger partial charge in [-0.15, -0.1) is 0 Å². The first-order valence-corrected chi connectivity index (χ1v) is 7.40. The van der Waals surface area contributed by atoms with Gasteiger partial charge in [0.25, 0.3) is 0 Å². The van der Waals surface area contributed by atoms with E-state index in [9.17, 15) is 5.11 Å². The van der Waals surface area contributed by atoms with Crippen LogP contribution in [0.5, 0.6) is 5.75 Å². The molecule has 0 radical (unpaired) electrons. The molecule has 2 aromatic rings. The third-order valence-electron chi connectivity index (χ3n) is 3.62. The molecule has 1 N–H and O–H groups in total. The lowest BCUT2D eigenvalue weighted by Crippen LogP contribution is -1.96. The van der Waals surface area contributed by atoms with E-state index in [1.807, 2.05) is 12.1 Å². The molecule has 0 saturated heterocycles. The molecular weight excluding hydrogens is 268 g/mol. The van der Waals surface area contributed by atoms with Gasteiger partial charge in [-0.2, -0.15) is 0 Å². The number of benzene rings is 2. The van der Waals surface area contributed by atoms with Crippen molar-refractivity contribution in [3.63, 3.8) is 0 Å². The summed E-state index contributed by atoms with van der Waals surface area (Å²) in [6.45, 7) is 8.77. The fourth-order valence-corrected chi connectivity index (χ4v) is 2.54. The number of rotatable bonds is 3. The third kappa shape index (κ3) is 2.99. The molecule has 2 rings (SSSR count). The number of halogens is 1. The largest absolute Gasteiger partial charge is 0.506 e. The highest BCUT2D eigenvalue weighted by Gasteiger charge is 2.12. The Balaban J connectivity index is 2.62. The van der Waals surface area contributed by atoms with Crippen LogP contribution in [0, 0.1) is 0 Å². The van der Waals surface area contributed by atoms with Crippen LogP contribution in [0.2, 0.25) is 5.02 Å². The molecule has 0 spiro atoms. The summed E-state index contributed by atoms with van der Waals surface area (Å²) in [6, 6.07) is 12.1. The Morgan fingerprint density at radius 2 is 1.60 bits per heavy atom. The van der Waals surface area contributed by atoms with Crippen molar-refractivity contribution in [3.8, 4) is 16.9 Å². The van der Waals surface area contributed by atoms with E-state index in [0.717, 1.165) is 5.56 Å². The first kappa shape index (κ1) is 14.9. The van der Waals surface area contributed by atoms with E-state index in [4.69, 9.17) is 11.6 Å². The molecular formula is C18H21ClO. The van der Waals surface area contributed by atoms with Crippen LogP contribution in [0.3, 0.4) is 0 Å². The fourth-order valence-electron chi connectivity index (χ4n) is 2.36. The van der Waals surface area contributed by atoms with Crippen molar-refractivity contribution in [2.24, 2.45) is 0 Å². The van der Waals surface area contributed by atoms with Crippen molar-refractivity contribution >= 4 is 11.6 Å². The fraction of sp³-hybridized carbons (Fsp3) is 0.333. The van der Waals surface area contributed by atoms with Gasteiger partial charge in [0.1, 0.15) is 5.75 Å². The zero-order chi connectivity index (χ0) is 14.9. The van der Waals surface area contributed by atoms with Gasteiger partial charge in [-0.05, 0) is 46.2 Å². The Bertz CT molecular complexity index is 615. The maximum Gasteiger partial charge on any atom is 0.134 e. The molecule has 0 unspecified atom stereocenters. The maximum atomic E-state index is 9.58. The predicted octanol–water partition coefficient (Wildman–Crippen LogP) is 5.96. The Labute approximate surface area is 126 Å². The molecule has 0 aromatic heterocycles. The Morgan fingerprint density at radius 1 is 0.900 bits per heavy atom. The van der Waals surface area contributed by atoms with Gasteiger partial charge in [-0.3, -0.25) is 0 Å². The number of phenols is 1. The molecule has 0 aliphatic carbocycles. The molecule has 106 valence electrons. The molecule has 0 bridgehead atoms. The maximum absolute atomic E-state index is 9.58. The van der Waals surface area contributed by atoms with E-state index in [0.29, 0.717) is 16.9 Å². The normalized spacial score (nSPS) is 11.3. The van der Waals surface area contributed by atoms with Crippen molar-refractivity contribution in [1.29, 1.82) is 0 Å². The monoisotopic (exact) mass is 288 g/mol. The van der Waals surface area contributed by atoms with E-state index in [1.54, 1.807) is 6.07 Å². The molecule has 0 amide bonds. The summed E-state index contributed by atoms with van der Waals surface area (Å²) in [5.74, 6) is 1.06. The quantitative estimate of drug-likeness (QED) is 0.739. The average molecular weight is 289 g/mol. The number of hydrogen-bond acceptors (Lipinski definition) is 1. The summed E-state index contributed by atoms with van der Waals surface area (Å²) in [5.41, 5.74) is 4.87. The lowest BCUT2D eigenvalue weighted by molar-refractivity contribution is 0.475. The highest BCUT2D eigenvalue weighted by molar-refractivity contribution is 6.32. The second-order valence-electron chi connectivity index (χ2n) is 5.82. The van der Waals surface area contributed by atoms with Crippen molar-refractivity contribution in [1.82, 2.24) is 0 Å². The summed E-state index contributed by atoms with van der Waals surface area (Å²) in [5, 5.41) is 9.98. The van der Waals surface area contributed by atoms with Crippen LogP contribution in [0.15, 0.2) is 36.4 Å². The molecule has 20 heavy (non-hydrogen) atoms. The standard InChI is InChI=1S/C18H21ClO/c1-11(2)13-5-7-15(12(3)4)16(9-13)14-6-8-18(20)17(19)10-14/h5-12,20H,1-4H3. The Kier molecular flexibility index (Phi) is 4.39. The second-order valence-corrected chi connectivity index (χ2v) is 6.23. The van der Waals surface area contributed by atoms with E-state index in [2.05, 4.69) is 45.9 Å². The van der Waals surface area contributed by atoms with Crippen molar-refractivity contribution in [2.75, 3.05) is 0 Å². The summed E-state index contributed by atoms with van der Waals surface area (Å²) in [7, 11) is 0. The zero-order valence-corrected chi connectivity index (χ0v) is 13.2. The summed E-state index contributed by atoms with van der Waals surface area (Å²) in [6.07, 6.45) is 0. The van der Waals surface area contributed by atoms with Gasteiger partial charge in [0.15, 0.2) is 0 Å². The summed E-state index contributed by atoms with van der Waals surface area (Å²) < 4.78 is 0. The lowest BCUT2D eigenvalue weighted by atomic mass is 9.89. The van der Waals surface area contributed by atoms with Gasteiger partial charge in [0, 0.05) is 0 Å². The highest BCUT2D eigenvalue weighted by Crippen LogP contribution is 2.35. The SMILES string of the molecule is CC(C)c1ccc(C(C)C)c(-c2ccc(O)c(Cl)c2)c1. The topological polar surface area (TPSA) is 20.2 Å². The smallest absolute Gasteiger partial charge is 0.134 e. The van der Waals surface area contributed by atoms with Crippen LogP contribution in [-0.4, -0.2) is 5.11 Å². The molecule has 1 nitrogen and oxygen atoms in total. The zero-order valence-electron chi connectivity index (χ0n) is 12.4. The minimum atomic E-state index is 0.126. The molecule has 0 aliphatic rings. The molecule has 0 saturated carbocycles. The van der Waals surface area contributed by atoms with Gasteiger partial charge in [-0.25, -0.2) is 0 Å². The summed E-state index contributed by atoms with van der Waals surface area (Å²) in [4.78, 5) is 0. The predicted molar refractivity (Wildman–Crippen MR) is 86.7 cm³/mol. The Hall–Kier alpha value is -1.47. The molecule has 0 atom stereocenters. The van der Waals surface area contributed by atoms with Crippen molar-refractivity contribution in [3.05, 3.63) is 52.5 Å². The van der Waals surface area contributed by atoms with Crippen LogP contribution in [0.1, 0.15) is 50.7 Å². The molecule has 2 aromatic carbocycles. The molecule has 2 heteroatoms. The van der Waals surface area contributed by atoms with E-state index in [-0.39, 0.29) is 5.75 Å². The van der Waals surface area contributed by atoms with Gasteiger partial charge >= 0.3 is 0 Å². The Morgan fingerprint density at radius 3 is 2.15 bits per heavy atom. The summed E-state index contributed by atoms with van der Waals surface area (Å²) >= 11 is 6.05. The third-order valence-corrected chi connectivity index (χ3v) is 3.93. The van der Waals surface area contributed by atoms with Crippen LogP contribution in [0.25, 0.3) is 11.1 Å². The van der Waals surface area contributed by atoms with E-state index < -0.39 is 0 Å². The molecule has 0 fully saturated rings.